The SMILES string of the molecule is COc1cccc(OC)c1NC(=O)NCc1cccc(C)c1. The smallest absolute Gasteiger partial charge is 0.319 e. The Morgan fingerprint density at radius 2 is 1.68 bits per heavy atom. The first-order chi connectivity index (χ1) is 10.6. The second kappa shape index (κ2) is 7.36. The van der Waals surface area contributed by atoms with Gasteiger partial charge in [0.1, 0.15) is 17.2 Å². The average Bonchev–Trinajstić information content (AvgIpc) is 2.53. The largest absolute Gasteiger partial charge is 0.494 e. The van der Waals surface area contributed by atoms with Gasteiger partial charge in [-0.1, -0.05) is 35.9 Å². The van der Waals surface area contributed by atoms with E-state index in [0.717, 1.165) is 11.1 Å². The van der Waals surface area contributed by atoms with Gasteiger partial charge < -0.3 is 20.1 Å². The number of hydrogen-bond donors (Lipinski definition) is 2. The van der Waals surface area contributed by atoms with Gasteiger partial charge in [-0.2, -0.15) is 0 Å². The molecule has 22 heavy (non-hydrogen) atoms. The van der Waals surface area contributed by atoms with Crippen molar-refractivity contribution < 1.29 is 14.3 Å². The number of urea groups is 1. The fourth-order valence-corrected chi connectivity index (χ4v) is 2.14. The molecule has 2 amide bonds. The molecule has 0 aromatic heterocycles. The molecule has 0 unspecified atom stereocenters. The highest BCUT2D eigenvalue weighted by molar-refractivity contribution is 5.92. The normalized spacial score (nSPS) is 9.95. The van der Waals surface area contributed by atoms with Gasteiger partial charge in [-0.3, -0.25) is 0 Å². The number of methoxy groups -OCH3 is 2. The highest BCUT2D eigenvalue weighted by atomic mass is 16.5. The van der Waals surface area contributed by atoms with E-state index < -0.39 is 0 Å². The Labute approximate surface area is 130 Å². The van der Waals surface area contributed by atoms with E-state index in [0.29, 0.717) is 23.7 Å². The number of anilines is 1. The fourth-order valence-electron chi connectivity index (χ4n) is 2.14. The van der Waals surface area contributed by atoms with E-state index in [-0.39, 0.29) is 6.03 Å². The fraction of sp³-hybridized carbons (Fsp3) is 0.235. The second-order valence-electron chi connectivity index (χ2n) is 4.83. The number of carbonyl (C=O) groups is 1. The van der Waals surface area contributed by atoms with Gasteiger partial charge >= 0.3 is 6.03 Å². The Morgan fingerprint density at radius 3 is 2.27 bits per heavy atom. The lowest BCUT2D eigenvalue weighted by atomic mass is 10.1. The highest BCUT2D eigenvalue weighted by Crippen LogP contribution is 2.33. The van der Waals surface area contributed by atoms with Crippen molar-refractivity contribution in [1.82, 2.24) is 5.32 Å². The van der Waals surface area contributed by atoms with Gasteiger partial charge in [-0.25, -0.2) is 4.79 Å². The Morgan fingerprint density at radius 1 is 1.05 bits per heavy atom. The first-order valence-corrected chi connectivity index (χ1v) is 6.95. The van der Waals surface area contributed by atoms with Crippen LogP contribution in [0.4, 0.5) is 10.5 Å². The van der Waals surface area contributed by atoms with Crippen LogP contribution < -0.4 is 20.1 Å². The molecule has 5 heteroatoms. The Bertz CT molecular complexity index is 634. The number of ether oxygens (including phenoxy) is 2. The number of nitrogens with one attached hydrogen (secondary N) is 2. The number of rotatable bonds is 5. The Kier molecular flexibility index (Phi) is 5.25. The Balaban J connectivity index is 2.03. The molecule has 0 radical (unpaired) electrons. The maximum atomic E-state index is 12.1. The van der Waals surface area contributed by atoms with Crippen LogP contribution in [0.1, 0.15) is 11.1 Å². The van der Waals surface area contributed by atoms with Gasteiger partial charge in [0.15, 0.2) is 0 Å². The van der Waals surface area contributed by atoms with E-state index in [1.165, 1.54) is 0 Å². The lowest BCUT2D eigenvalue weighted by Gasteiger charge is -2.14. The summed E-state index contributed by atoms with van der Waals surface area (Å²) in [5.74, 6) is 1.09. The molecule has 0 aliphatic heterocycles. The van der Waals surface area contributed by atoms with Crippen molar-refractivity contribution in [1.29, 1.82) is 0 Å². The van der Waals surface area contributed by atoms with E-state index in [9.17, 15) is 4.79 Å². The van der Waals surface area contributed by atoms with Crippen LogP contribution in [0.15, 0.2) is 42.5 Å². The van der Waals surface area contributed by atoms with Crippen molar-refractivity contribution in [2.45, 2.75) is 13.5 Å². The van der Waals surface area contributed by atoms with Crippen LogP contribution in [-0.2, 0) is 6.54 Å². The summed E-state index contributed by atoms with van der Waals surface area (Å²) in [5.41, 5.74) is 2.71. The van der Waals surface area contributed by atoms with Crippen molar-refractivity contribution in [3.05, 3.63) is 53.6 Å². The quantitative estimate of drug-likeness (QED) is 0.890. The predicted molar refractivity (Wildman–Crippen MR) is 86.6 cm³/mol. The predicted octanol–water partition coefficient (Wildman–Crippen LogP) is 3.33. The van der Waals surface area contributed by atoms with Crippen LogP contribution in [0.25, 0.3) is 0 Å². The van der Waals surface area contributed by atoms with Gasteiger partial charge in [-0.05, 0) is 24.6 Å². The zero-order valence-corrected chi connectivity index (χ0v) is 13.0. The molecule has 0 aliphatic rings. The third-order valence-corrected chi connectivity index (χ3v) is 3.20. The first-order valence-electron chi connectivity index (χ1n) is 6.95. The van der Waals surface area contributed by atoms with Crippen LogP contribution in [0.5, 0.6) is 11.5 Å². The molecule has 0 bridgehead atoms. The van der Waals surface area contributed by atoms with Crippen molar-refractivity contribution >= 4 is 11.7 Å². The minimum atomic E-state index is -0.315. The molecule has 0 fully saturated rings. The summed E-state index contributed by atoms with van der Waals surface area (Å²) in [6.07, 6.45) is 0. The summed E-state index contributed by atoms with van der Waals surface area (Å²) in [4.78, 5) is 12.1. The Hall–Kier alpha value is -2.69. The standard InChI is InChI=1S/C17H20N2O3/c1-12-6-4-7-13(10-12)11-18-17(20)19-16-14(21-2)8-5-9-15(16)22-3/h4-10H,11H2,1-3H3,(H2,18,19,20). The summed E-state index contributed by atoms with van der Waals surface area (Å²) in [6.45, 7) is 2.47. The van der Waals surface area contributed by atoms with E-state index in [1.807, 2.05) is 31.2 Å². The van der Waals surface area contributed by atoms with E-state index in [4.69, 9.17) is 9.47 Å². The first kappa shape index (κ1) is 15.7. The molecule has 0 saturated heterocycles. The number of benzene rings is 2. The number of aryl methyl sites for hydroxylation is 1. The van der Waals surface area contributed by atoms with Crippen LogP contribution in [-0.4, -0.2) is 20.3 Å². The van der Waals surface area contributed by atoms with E-state index in [1.54, 1.807) is 32.4 Å². The molecular formula is C17H20N2O3. The third-order valence-electron chi connectivity index (χ3n) is 3.20. The van der Waals surface area contributed by atoms with Crippen molar-refractivity contribution in [3.63, 3.8) is 0 Å². The molecule has 116 valence electrons. The van der Waals surface area contributed by atoms with Crippen molar-refractivity contribution in [3.8, 4) is 11.5 Å². The number of amides is 2. The zero-order valence-electron chi connectivity index (χ0n) is 13.0. The van der Waals surface area contributed by atoms with Gasteiger partial charge in [0.2, 0.25) is 0 Å². The summed E-state index contributed by atoms with van der Waals surface area (Å²) >= 11 is 0. The molecule has 5 nitrogen and oxygen atoms in total. The second-order valence-corrected chi connectivity index (χ2v) is 4.83. The van der Waals surface area contributed by atoms with Crippen LogP contribution >= 0.6 is 0 Å². The average molecular weight is 300 g/mol. The summed E-state index contributed by atoms with van der Waals surface area (Å²) in [7, 11) is 3.09. The summed E-state index contributed by atoms with van der Waals surface area (Å²) in [6, 6.07) is 13.0. The minimum Gasteiger partial charge on any atom is -0.494 e. The van der Waals surface area contributed by atoms with Crippen LogP contribution in [0, 0.1) is 6.92 Å². The molecule has 0 heterocycles. The summed E-state index contributed by atoms with van der Waals surface area (Å²) < 4.78 is 10.5. The summed E-state index contributed by atoms with van der Waals surface area (Å²) in [5, 5.41) is 5.58. The third kappa shape index (κ3) is 3.91. The number of hydrogen-bond acceptors (Lipinski definition) is 3. The molecule has 2 aromatic rings. The van der Waals surface area contributed by atoms with Crippen molar-refractivity contribution in [2.75, 3.05) is 19.5 Å². The van der Waals surface area contributed by atoms with E-state index >= 15 is 0 Å². The van der Waals surface area contributed by atoms with Crippen molar-refractivity contribution in [2.24, 2.45) is 0 Å². The monoisotopic (exact) mass is 300 g/mol. The maximum Gasteiger partial charge on any atom is 0.319 e. The van der Waals surface area contributed by atoms with Gasteiger partial charge in [-0.15, -0.1) is 0 Å². The van der Waals surface area contributed by atoms with Crippen LogP contribution in [0.2, 0.25) is 0 Å². The van der Waals surface area contributed by atoms with Gasteiger partial charge in [0.25, 0.3) is 0 Å². The van der Waals surface area contributed by atoms with E-state index in [2.05, 4.69) is 10.6 Å². The van der Waals surface area contributed by atoms with Gasteiger partial charge in [0.05, 0.1) is 14.2 Å². The lowest BCUT2D eigenvalue weighted by Crippen LogP contribution is -2.28. The molecule has 2 rings (SSSR count). The number of carbonyl (C=O) groups excluding carboxylic acids is 1. The zero-order chi connectivity index (χ0) is 15.9. The lowest BCUT2D eigenvalue weighted by molar-refractivity contribution is 0.251. The molecule has 0 saturated carbocycles. The maximum absolute atomic E-state index is 12.1. The molecule has 2 aromatic carbocycles. The molecular weight excluding hydrogens is 280 g/mol. The highest BCUT2D eigenvalue weighted by Gasteiger charge is 2.12. The molecule has 0 aliphatic carbocycles. The van der Waals surface area contributed by atoms with Crippen LogP contribution in [0.3, 0.4) is 0 Å². The number of para-hydroxylation sites is 1. The molecule has 0 spiro atoms. The topological polar surface area (TPSA) is 59.6 Å². The van der Waals surface area contributed by atoms with Gasteiger partial charge in [0, 0.05) is 6.54 Å². The molecule has 0 atom stereocenters. The molecule has 2 N–H and O–H groups in total. The minimum absolute atomic E-state index is 0.315.